The van der Waals surface area contributed by atoms with Gasteiger partial charge < -0.3 is 10.2 Å². The van der Waals surface area contributed by atoms with E-state index in [1.807, 2.05) is 0 Å². The number of non-ortho nitro benzene ring substituents is 1. The standard InChI is InChI=1S/C14H14ClNO8S/c15-11-5-9(13(17)18)10(14(19)20)6-12(11)25(23,24)8-3-1-2-7(4-8)16(21)22/h1-4,9-12H,5-6H2,(H,17,18)(H,19,20)/t9-,10+,11-,12+/m1/s1. The summed E-state index contributed by atoms with van der Waals surface area (Å²) in [6.07, 6.45) is -0.807. The second-order valence-electron chi connectivity index (χ2n) is 5.71. The van der Waals surface area contributed by atoms with Crippen LogP contribution in [0.1, 0.15) is 12.8 Å². The molecule has 0 amide bonds. The number of carbonyl (C=O) groups is 2. The predicted octanol–water partition coefficient (Wildman–Crippen LogP) is 1.54. The number of nitro benzene ring substituents is 1. The van der Waals surface area contributed by atoms with E-state index < -0.39 is 61.3 Å². The summed E-state index contributed by atoms with van der Waals surface area (Å²) < 4.78 is 25.5. The van der Waals surface area contributed by atoms with Crippen molar-refractivity contribution in [3.8, 4) is 0 Å². The Hall–Kier alpha value is -2.20. The van der Waals surface area contributed by atoms with Gasteiger partial charge in [-0.3, -0.25) is 19.7 Å². The summed E-state index contributed by atoms with van der Waals surface area (Å²) in [4.78, 5) is 32.3. The van der Waals surface area contributed by atoms with Gasteiger partial charge >= 0.3 is 11.9 Å². The van der Waals surface area contributed by atoms with Gasteiger partial charge in [-0.2, -0.15) is 0 Å². The van der Waals surface area contributed by atoms with Crippen molar-refractivity contribution in [2.24, 2.45) is 11.8 Å². The normalized spacial score (nSPS) is 26.8. The minimum Gasteiger partial charge on any atom is -0.481 e. The summed E-state index contributed by atoms with van der Waals surface area (Å²) in [5, 5.41) is 26.7. The first-order valence-electron chi connectivity index (χ1n) is 7.13. The number of benzene rings is 1. The van der Waals surface area contributed by atoms with Crippen LogP contribution in [0.4, 0.5) is 5.69 Å². The summed E-state index contributed by atoms with van der Waals surface area (Å²) in [6, 6.07) is 4.35. The van der Waals surface area contributed by atoms with Gasteiger partial charge in [0.1, 0.15) is 0 Å². The molecule has 4 atom stereocenters. The molecule has 1 aromatic rings. The number of sulfone groups is 1. The van der Waals surface area contributed by atoms with Gasteiger partial charge in [0.2, 0.25) is 0 Å². The zero-order valence-electron chi connectivity index (χ0n) is 12.6. The van der Waals surface area contributed by atoms with Crippen LogP contribution in [0.5, 0.6) is 0 Å². The maximum absolute atomic E-state index is 12.8. The second-order valence-corrected chi connectivity index (χ2v) is 8.44. The number of rotatable bonds is 5. The van der Waals surface area contributed by atoms with Crippen molar-refractivity contribution >= 4 is 39.1 Å². The highest BCUT2D eigenvalue weighted by molar-refractivity contribution is 7.92. The fourth-order valence-corrected chi connectivity index (χ4v) is 5.50. The fourth-order valence-electron chi connectivity index (χ4n) is 2.94. The lowest BCUT2D eigenvalue weighted by Crippen LogP contribution is -2.46. The Morgan fingerprint density at radius 2 is 1.72 bits per heavy atom. The van der Waals surface area contributed by atoms with Gasteiger partial charge in [-0.05, 0) is 18.9 Å². The summed E-state index contributed by atoms with van der Waals surface area (Å²) in [6.45, 7) is 0. The smallest absolute Gasteiger partial charge is 0.307 e. The van der Waals surface area contributed by atoms with Gasteiger partial charge in [-0.1, -0.05) is 6.07 Å². The number of nitrogens with zero attached hydrogens (tertiary/aromatic N) is 1. The zero-order chi connectivity index (χ0) is 18.9. The SMILES string of the molecule is O=C(O)[C@H]1C[C@H](S(=O)(=O)c2cccc([N+](=O)[O-])c2)[C@H](Cl)C[C@H]1C(=O)O. The third-order valence-corrected chi connectivity index (χ3v) is 7.11. The molecule has 1 aliphatic carbocycles. The summed E-state index contributed by atoms with van der Waals surface area (Å²) in [5.41, 5.74) is -0.429. The number of halogens is 1. The van der Waals surface area contributed by atoms with Gasteiger partial charge in [0.05, 0.1) is 32.3 Å². The first-order chi connectivity index (χ1) is 11.6. The molecule has 11 heteroatoms. The lowest BCUT2D eigenvalue weighted by Gasteiger charge is -2.34. The van der Waals surface area contributed by atoms with Crippen LogP contribution in [0.3, 0.4) is 0 Å². The lowest BCUT2D eigenvalue weighted by atomic mass is 9.79. The highest BCUT2D eigenvalue weighted by Crippen LogP contribution is 2.39. The van der Waals surface area contributed by atoms with E-state index in [1.165, 1.54) is 6.07 Å². The molecule has 2 N–H and O–H groups in total. The van der Waals surface area contributed by atoms with E-state index in [2.05, 4.69) is 0 Å². The van der Waals surface area contributed by atoms with E-state index >= 15 is 0 Å². The van der Waals surface area contributed by atoms with Crippen molar-refractivity contribution < 1.29 is 33.1 Å². The Balaban J connectivity index is 2.42. The van der Waals surface area contributed by atoms with Crippen LogP contribution in [0.2, 0.25) is 0 Å². The number of aliphatic carboxylic acids is 2. The van der Waals surface area contributed by atoms with Crippen molar-refractivity contribution in [3.63, 3.8) is 0 Å². The molecule has 0 aromatic heterocycles. The topological polar surface area (TPSA) is 152 Å². The van der Waals surface area contributed by atoms with E-state index in [0.717, 1.165) is 18.2 Å². The molecule has 0 radical (unpaired) electrons. The number of carboxylic acid groups (broad SMARTS) is 2. The molecule has 9 nitrogen and oxygen atoms in total. The largest absolute Gasteiger partial charge is 0.481 e. The Labute approximate surface area is 147 Å². The molecule has 1 aliphatic rings. The van der Waals surface area contributed by atoms with Crippen LogP contribution in [-0.2, 0) is 19.4 Å². The summed E-state index contributed by atoms with van der Waals surface area (Å²) >= 11 is 6.06. The molecule has 0 spiro atoms. The van der Waals surface area contributed by atoms with Gasteiger partial charge in [-0.25, -0.2) is 8.42 Å². The van der Waals surface area contributed by atoms with E-state index in [1.54, 1.807) is 0 Å². The van der Waals surface area contributed by atoms with E-state index in [0.29, 0.717) is 0 Å². The molecule has 2 rings (SSSR count). The Morgan fingerprint density at radius 1 is 1.16 bits per heavy atom. The molecule has 0 unspecified atom stereocenters. The van der Waals surface area contributed by atoms with Crippen molar-refractivity contribution in [2.75, 3.05) is 0 Å². The molecule has 1 aromatic carbocycles. The minimum atomic E-state index is -4.18. The Kier molecular flexibility index (Phi) is 5.33. The van der Waals surface area contributed by atoms with Crippen LogP contribution in [0.15, 0.2) is 29.2 Å². The molecule has 0 bridgehead atoms. The van der Waals surface area contributed by atoms with Crippen LogP contribution < -0.4 is 0 Å². The van der Waals surface area contributed by atoms with Gasteiger partial charge in [0, 0.05) is 12.1 Å². The molecule has 0 heterocycles. The molecule has 1 saturated carbocycles. The quantitative estimate of drug-likeness (QED) is 0.435. The average molecular weight is 392 g/mol. The van der Waals surface area contributed by atoms with Crippen molar-refractivity contribution in [3.05, 3.63) is 34.4 Å². The van der Waals surface area contributed by atoms with Crippen LogP contribution in [-0.4, -0.2) is 46.1 Å². The first-order valence-corrected chi connectivity index (χ1v) is 9.12. The predicted molar refractivity (Wildman–Crippen MR) is 85.2 cm³/mol. The molecule has 25 heavy (non-hydrogen) atoms. The maximum Gasteiger partial charge on any atom is 0.307 e. The second kappa shape index (κ2) is 6.96. The van der Waals surface area contributed by atoms with Crippen molar-refractivity contribution in [1.82, 2.24) is 0 Å². The number of hydrogen-bond donors (Lipinski definition) is 2. The minimum absolute atomic E-state index is 0.327. The van der Waals surface area contributed by atoms with Gasteiger partial charge in [0.25, 0.3) is 5.69 Å². The molecular weight excluding hydrogens is 378 g/mol. The van der Waals surface area contributed by atoms with Crippen molar-refractivity contribution in [2.45, 2.75) is 28.4 Å². The van der Waals surface area contributed by atoms with Gasteiger partial charge in [0.15, 0.2) is 9.84 Å². The zero-order valence-corrected chi connectivity index (χ0v) is 14.2. The fraction of sp³-hybridized carbons (Fsp3) is 0.429. The van der Waals surface area contributed by atoms with Gasteiger partial charge in [-0.15, -0.1) is 11.6 Å². The number of hydrogen-bond acceptors (Lipinski definition) is 6. The average Bonchev–Trinajstić information content (AvgIpc) is 2.54. The van der Waals surface area contributed by atoms with Crippen molar-refractivity contribution in [1.29, 1.82) is 0 Å². The monoisotopic (exact) mass is 391 g/mol. The van der Waals surface area contributed by atoms with Crippen LogP contribution in [0.25, 0.3) is 0 Å². The molecule has 1 fully saturated rings. The lowest BCUT2D eigenvalue weighted by molar-refractivity contribution is -0.385. The first kappa shape index (κ1) is 19.1. The third-order valence-electron chi connectivity index (χ3n) is 4.24. The molecule has 0 saturated heterocycles. The highest BCUT2D eigenvalue weighted by atomic mass is 35.5. The Morgan fingerprint density at radius 3 is 2.24 bits per heavy atom. The number of carboxylic acids is 2. The van der Waals surface area contributed by atoms with E-state index in [9.17, 15) is 33.2 Å². The van der Waals surface area contributed by atoms with Crippen LogP contribution in [0, 0.1) is 22.0 Å². The van der Waals surface area contributed by atoms with E-state index in [4.69, 9.17) is 16.7 Å². The van der Waals surface area contributed by atoms with Crippen LogP contribution >= 0.6 is 11.6 Å². The number of alkyl halides is 1. The molecule has 136 valence electrons. The molecular formula is C14H14ClNO8S. The van der Waals surface area contributed by atoms with E-state index in [-0.39, 0.29) is 11.3 Å². The summed E-state index contributed by atoms with van der Waals surface area (Å²) in [7, 11) is -4.18. The third kappa shape index (κ3) is 3.74. The number of nitro groups is 1. The summed E-state index contributed by atoms with van der Waals surface area (Å²) in [5.74, 6) is -5.48. The maximum atomic E-state index is 12.8. The Bertz CT molecular complexity index is 824. The highest BCUT2D eigenvalue weighted by Gasteiger charge is 2.48. The molecule has 0 aliphatic heterocycles.